The number of nitrogens with one attached hydrogen (secondary N) is 1. The average Bonchev–Trinajstić information content (AvgIpc) is 3.34. The van der Waals surface area contributed by atoms with Gasteiger partial charge in [0.1, 0.15) is 15.8 Å². The lowest BCUT2D eigenvalue weighted by Crippen LogP contribution is -2.56. The number of sulfonamides is 1. The number of morpholine rings is 1. The second kappa shape index (κ2) is 9.21. The highest BCUT2D eigenvalue weighted by Gasteiger charge is 2.43. The van der Waals surface area contributed by atoms with Crippen LogP contribution in [0.15, 0.2) is 21.5 Å². The molecule has 1 saturated carbocycles. The molecule has 1 atom stereocenters. The molecule has 1 aromatic rings. The molecule has 1 amide bonds. The van der Waals surface area contributed by atoms with Gasteiger partial charge < -0.3 is 14.5 Å². The third-order valence-corrected chi connectivity index (χ3v) is 10.4. The van der Waals surface area contributed by atoms with Gasteiger partial charge in [0.2, 0.25) is 10.0 Å². The highest BCUT2D eigenvalue weighted by molar-refractivity contribution is 8.26. The van der Waals surface area contributed by atoms with Crippen LogP contribution in [0.25, 0.3) is 6.08 Å². The largest absolute Gasteiger partial charge is 0.461 e. The predicted molar refractivity (Wildman–Crippen MR) is 130 cm³/mol. The van der Waals surface area contributed by atoms with Crippen LogP contribution < -0.4 is 5.32 Å². The molecule has 1 N–H and O–H groups in total. The van der Waals surface area contributed by atoms with Gasteiger partial charge in [-0.1, -0.05) is 37.8 Å². The molecule has 4 rings (SSSR count). The van der Waals surface area contributed by atoms with Crippen LogP contribution in [0.2, 0.25) is 0 Å². The molecule has 3 aliphatic rings. The van der Waals surface area contributed by atoms with Crippen molar-refractivity contribution >= 4 is 50.3 Å². The number of carbonyl (C=O) groups is 1. The summed E-state index contributed by atoms with van der Waals surface area (Å²) < 4.78 is 40.7. The summed E-state index contributed by atoms with van der Waals surface area (Å²) >= 11 is 6.23. The Kier molecular flexibility index (Phi) is 6.89. The van der Waals surface area contributed by atoms with Gasteiger partial charge in [-0.3, -0.25) is 4.79 Å². The van der Waals surface area contributed by atoms with Crippen molar-refractivity contribution in [3.8, 4) is 0 Å². The summed E-state index contributed by atoms with van der Waals surface area (Å²) in [6, 6.07) is 3.78. The van der Waals surface area contributed by atoms with E-state index in [1.165, 1.54) is 11.8 Å². The number of carbonyl (C=O) groups excluding carboxylic acids is 1. The lowest BCUT2D eigenvalue weighted by atomic mass is 9.87. The molecular weight excluding hydrogens is 468 g/mol. The summed E-state index contributed by atoms with van der Waals surface area (Å²) in [5.41, 5.74) is -0.445. The van der Waals surface area contributed by atoms with Gasteiger partial charge in [-0.2, -0.15) is 4.31 Å². The molecule has 0 radical (unpaired) electrons. The lowest BCUT2D eigenvalue weighted by Gasteiger charge is -2.43. The minimum absolute atomic E-state index is 0.186. The zero-order chi connectivity index (χ0) is 23.1. The van der Waals surface area contributed by atoms with E-state index in [-0.39, 0.29) is 23.0 Å². The van der Waals surface area contributed by atoms with Crippen molar-refractivity contribution in [3.63, 3.8) is 0 Å². The number of hydrogen-bond acceptors (Lipinski definition) is 7. The number of rotatable bonds is 5. The first kappa shape index (κ1) is 23.9. The second-order valence-corrected chi connectivity index (χ2v) is 13.2. The van der Waals surface area contributed by atoms with Crippen molar-refractivity contribution in [1.82, 2.24) is 9.62 Å². The number of ether oxygens (including phenoxy) is 1. The monoisotopic (exact) mass is 498 g/mol. The summed E-state index contributed by atoms with van der Waals surface area (Å²) in [4.78, 5) is 12.4. The normalized spacial score (nSPS) is 31.4. The Balaban J connectivity index is 1.38. The van der Waals surface area contributed by atoms with Crippen molar-refractivity contribution in [3.05, 3.63) is 28.6 Å². The summed E-state index contributed by atoms with van der Waals surface area (Å²) in [5.74, 6) is 1.67. The first-order chi connectivity index (χ1) is 15.1. The van der Waals surface area contributed by atoms with Crippen LogP contribution in [0.4, 0.5) is 0 Å². The zero-order valence-electron chi connectivity index (χ0n) is 18.6. The van der Waals surface area contributed by atoms with E-state index in [1.54, 1.807) is 10.4 Å². The Morgan fingerprint density at radius 2 is 2.00 bits per heavy atom. The fourth-order valence-corrected chi connectivity index (χ4v) is 7.57. The van der Waals surface area contributed by atoms with Gasteiger partial charge >= 0.3 is 0 Å². The maximum absolute atomic E-state index is 13.3. The molecule has 0 spiro atoms. The van der Waals surface area contributed by atoms with Gasteiger partial charge in [0.05, 0.1) is 22.4 Å². The number of hydrogen-bond donors (Lipinski definition) is 1. The SMILES string of the molecule is CC(C)C1(C)CN(S(=O)(=O)C2CCC(c3ccc(/C=C4\SC(=S)NC4=O)o3)CC2)CCO1. The van der Waals surface area contributed by atoms with E-state index >= 15 is 0 Å². The Hall–Kier alpha value is -1.20. The average molecular weight is 499 g/mol. The molecule has 2 aliphatic heterocycles. The van der Waals surface area contributed by atoms with Crippen LogP contribution in [-0.2, 0) is 19.6 Å². The van der Waals surface area contributed by atoms with Crippen molar-refractivity contribution in [2.24, 2.45) is 5.92 Å². The third-order valence-electron chi connectivity index (χ3n) is 6.90. The number of nitrogens with zero attached hydrogens (tertiary/aromatic N) is 1. The fraction of sp³-hybridized carbons (Fsp3) is 0.636. The van der Waals surface area contributed by atoms with E-state index in [0.29, 0.717) is 47.5 Å². The van der Waals surface area contributed by atoms with Crippen LogP contribution in [0.5, 0.6) is 0 Å². The molecule has 1 unspecified atom stereocenters. The van der Waals surface area contributed by atoms with E-state index in [2.05, 4.69) is 19.2 Å². The van der Waals surface area contributed by atoms with E-state index in [1.807, 2.05) is 19.1 Å². The number of furan rings is 1. The Labute approximate surface area is 199 Å². The van der Waals surface area contributed by atoms with E-state index in [9.17, 15) is 13.2 Å². The first-order valence-corrected chi connectivity index (χ1v) is 13.8. The molecule has 2 saturated heterocycles. The molecule has 176 valence electrons. The van der Waals surface area contributed by atoms with Crippen LogP contribution in [-0.4, -0.2) is 53.5 Å². The van der Waals surface area contributed by atoms with Gasteiger partial charge in [0.25, 0.3) is 5.91 Å². The molecule has 1 aromatic heterocycles. The molecule has 1 aliphatic carbocycles. The number of thioether (sulfide) groups is 1. The summed E-state index contributed by atoms with van der Waals surface area (Å²) in [5, 5.41) is 2.23. The van der Waals surface area contributed by atoms with Gasteiger partial charge in [0, 0.05) is 25.1 Å². The maximum atomic E-state index is 13.3. The minimum atomic E-state index is -3.36. The smallest absolute Gasteiger partial charge is 0.263 e. The molecule has 0 bridgehead atoms. The van der Waals surface area contributed by atoms with E-state index in [4.69, 9.17) is 21.4 Å². The van der Waals surface area contributed by atoms with E-state index in [0.717, 1.165) is 18.6 Å². The predicted octanol–water partition coefficient (Wildman–Crippen LogP) is 3.87. The standard InChI is InChI=1S/C22H30N2O5S3/c1-14(2)22(3)13-24(10-11-28-22)32(26,27)17-7-4-15(5-8-17)18-9-6-16(29-18)12-19-20(25)23-21(30)31-19/h6,9,12,14-15,17H,4-5,7-8,10-11,13H2,1-3H3,(H,23,25,30)/b19-12-. The first-order valence-electron chi connectivity index (χ1n) is 11.1. The highest BCUT2D eigenvalue weighted by atomic mass is 32.2. The Morgan fingerprint density at radius 1 is 1.28 bits per heavy atom. The molecule has 3 fully saturated rings. The van der Waals surface area contributed by atoms with Gasteiger partial charge in [-0.05, 0) is 50.7 Å². The van der Waals surface area contributed by atoms with Crippen LogP contribution in [0.3, 0.4) is 0 Å². The van der Waals surface area contributed by atoms with Crippen molar-refractivity contribution in [1.29, 1.82) is 0 Å². The van der Waals surface area contributed by atoms with Gasteiger partial charge in [-0.25, -0.2) is 8.42 Å². The topological polar surface area (TPSA) is 88.9 Å². The Morgan fingerprint density at radius 3 is 2.62 bits per heavy atom. The Bertz CT molecular complexity index is 1020. The quantitative estimate of drug-likeness (QED) is 0.487. The molecule has 10 heteroatoms. The molecule has 3 heterocycles. The maximum Gasteiger partial charge on any atom is 0.263 e. The van der Waals surface area contributed by atoms with Crippen LogP contribution in [0, 0.1) is 5.92 Å². The molecule has 0 aromatic carbocycles. The van der Waals surface area contributed by atoms with Gasteiger partial charge in [-0.15, -0.1) is 0 Å². The van der Waals surface area contributed by atoms with Crippen molar-refractivity contribution < 1.29 is 22.4 Å². The van der Waals surface area contributed by atoms with Gasteiger partial charge in [0.15, 0.2) is 0 Å². The lowest BCUT2D eigenvalue weighted by molar-refractivity contribution is -0.115. The zero-order valence-corrected chi connectivity index (χ0v) is 21.1. The second-order valence-electron chi connectivity index (χ2n) is 9.26. The number of thiocarbonyl (C=S) groups is 1. The van der Waals surface area contributed by atoms with Crippen molar-refractivity contribution in [2.45, 2.75) is 63.2 Å². The highest BCUT2D eigenvalue weighted by Crippen LogP contribution is 2.38. The minimum Gasteiger partial charge on any atom is -0.461 e. The molecular formula is C22H30N2O5S3. The van der Waals surface area contributed by atoms with Crippen molar-refractivity contribution in [2.75, 3.05) is 19.7 Å². The van der Waals surface area contributed by atoms with Crippen LogP contribution >= 0.6 is 24.0 Å². The third kappa shape index (κ3) is 4.84. The molecule has 7 nitrogen and oxygen atoms in total. The fourth-order valence-electron chi connectivity index (χ4n) is 4.49. The summed E-state index contributed by atoms with van der Waals surface area (Å²) in [7, 11) is -3.36. The molecule has 32 heavy (non-hydrogen) atoms. The number of amides is 1. The summed E-state index contributed by atoms with van der Waals surface area (Å²) in [6.07, 6.45) is 4.46. The summed E-state index contributed by atoms with van der Waals surface area (Å²) in [6.45, 7) is 7.42. The van der Waals surface area contributed by atoms with E-state index < -0.39 is 15.6 Å². The van der Waals surface area contributed by atoms with Crippen LogP contribution in [0.1, 0.15) is 63.9 Å².